The molecule has 1 aliphatic heterocycles. The largest absolute Gasteiger partial charge is 0.354 e. The molecule has 1 aromatic rings. The van der Waals surface area contributed by atoms with Gasteiger partial charge < -0.3 is 20.9 Å². The standard InChI is InChI=1S/C17H23FN4O3/c18-14-5-3-13(4-6-14)11-20-17(25)21-12-15(23)19-8-7-16(24)22-9-1-2-10-22/h3-6H,1-2,7-12H2,(H,19,23)(H2,20,21,25). The van der Waals surface area contributed by atoms with Crippen molar-refractivity contribution in [2.24, 2.45) is 0 Å². The van der Waals surface area contributed by atoms with Gasteiger partial charge in [0, 0.05) is 32.6 Å². The Morgan fingerprint density at radius 3 is 2.36 bits per heavy atom. The van der Waals surface area contributed by atoms with E-state index >= 15 is 0 Å². The average Bonchev–Trinajstić information content (AvgIpc) is 3.14. The molecule has 0 aromatic heterocycles. The number of likely N-dealkylation sites (tertiary alicyclic amines) is 1. The first kappa shape index (κ1) is 18.7. The summed E-state index contributed by atoms with van der Waals surface area (Å²) in [4.78, 5) is 36.9. The fourth-order valence-corrected chi connectivity index (χ4v) is 2.50. The molecule has 4 amide bonds. The molecule has 136 valence electrons. The maximum atomic E-state index is 12.8. The highest BCUT2D eigenvalue weighted by Crippen LogP contribution is 2.08. The summed E-state index contributed by atoms with van der Waals surface area (Å²) in [5.74, 6) is -0.651. The molecule has 0 unspecified atom stereocenters. The number of carbonyl (C=O) groups excluding carboxylic acids is 3. The lowest BCUT2D eigenvalue weighted by molar-refractivity contribution is -0.130. The number of halogens is 1. The van der Waals surface area contributed by atoms with E-state index in [4.69, 9.17) is 0 Å². The molecule has 2 rings (SSSR count). The van der Waals surface area contributed by atoms with Gasteiger partial charge in [0.1, 0.15) is 5.82 Å². The third kappa shape index (κ3) is 6.78. The zero-order valence-corrected chi connectivity index (χ0v) is 14.0. The third-order valence-corrected chi connectivity index (χ3v) is 3.90. The van der Waals surface area contributed by atoms with Gasteiger partial charge in [-0.05, 0) is 30.5 Å². The Labute approximate surface area is 145 Å². The van der Waals surface area contributed by atoms with E-state index in [1.54, 1.807) is 17.0 Å². The van der Waals surface area contributed by atoms with E-state index < -0.39 is 6.03 Å². The Kier molecular flexibility index (Phi) is 7.18. The number of hydrogen-bond donors (Lipinski definition) is 3. The van der Waals surface area contributed by atoms with E-state index in [9.17, 15) is 18.8 Å². The molecule has 0 spiro atoms. The van der Waals surface area contributed by atoms with Gasteiger partial charge in [0.15, 0.2) is 0 Å². The third-order valence-electron chi connectivity index (χ3n) is 3.90. The monoisotopic (exact) mass is 350 g/mol. The van der Waals surface area contributed by atoms with Crippen LogP contribution in [0.3, 0.4) is 0 Å². The summed E-state index contributed by atoms with van der Waals surface area (Å²) in [7, 11) is 0. The fourth-order valence-electron chi connectivity index (χ4n) is 2.50. The van der Waals surface area contributed by atoms with Crippen molar-refractivity contribution in [3.05, 3.63) is 35.6 Å². The first-order valence-corrected chi connectivity index (χ1v) is 8.35. The van der Waals surface area contributed by atoms with Gasteiger partial charge in [0.05, 0.1) is 6.54 Å². The van der Waals surface area contributed by atoms with Crippen LogP contribution in [0.15, 0.2) is 24.3 Å². The van der Waals surface area contributed by atoms with E-state index in [1.165, 1.54) is 12.1 Å². The van der Waals surface area contributed by atoms with Crippen LogP contribution in [-0.2, 0) is 16.1 Å². The van der Waals surface area contributed by atoms with Crippen molar-refractivity contribution in [2.75, 3.05) is 26.2 Å². The summed E-state index contributed by atoms with van der Waals surface area (Å²) in [5, 5.41) is 7.60. The molecule has 25 heavy (non-hydrogen) atoms. The van der Waals surface area contributed by atoms with Crippen LogP contribution in [0.4, 0.5) is 9.18 Å². The van der Waals surface area contributed by atoms with E-state index in [1.807, 2.05) is 0 Å². The molecule has 1 heterocycles. The van der Waals surface area contributed by atoms with Gasteiger partial charge in [0.25, 0.3) is 0 Å². The Balaban J connectivity index is 1.55. The maximum absolute atomic E-state index is 12.8. The number of carbonyl (C=O) groups is 3. The first-order chi connectivity index (χ1) is 12.0. The maximum Gasteiger partial charge on any atom is 0.315 e. The van der Waals surface area contributed by atoms with Gasteiger partial charge in [0.2, 0.25) is 11.8 Å². The fraction of sp³-hybridized carbons (Fsp3) is 0.471. The number of urea groups is 1. The lowest BCUT2D eigenvalue weighted by Gasteiger charge is -2.15. The lowest BCUT2D eigenvalue weighted by atomic mass is 10.2. The van der Waals surface area contributed by atoms with Crippen LogP contribution in [-0.4, -0.2) is 48.9 Å². The summed E-state index contributed by atoms with van der Waals surface area (Å²) in [6.45, 7) is 1.91. The SMILES string of the molecule is O=C(CNC(=O)NCc1ccc(F)cc1)NCCC(=O)N1CCCC1. The smallest absolute Gasteiger partial charge is 0.315 e. The number of amides is 4. The predicted molar refractivity (Wildman–Crippen MR) is 90.1 cm³/mol. The van der Waals surface area contributed by atoms with Crippen LogP contribution in [0.5, 0.6) is 0 Å². The number of nitrogens with one attached hydrogen (secondary N) is 3. The quantitative estimate of drug-likeness (QED) is 0.678. The summed E-state index contributed by atoms with van der Waals surface area (Å²) < 4.78 is 12.8. The highest BCUT2D eigenvalue weighted by molar-refractivity contribution is 5.84. The van der Waals surface area contributed by atoms with Crippen LogP contribution < -0.4 is 16.0 Å². The van der Waals surface area contributed by atoms with Crippen molar-refractivity contribution in [3.8, 4) is 0 Å². The van der Waals surface area contributed by atoms with Crippen LogP contribution in [0, 0.1) is 5.82 Å². The van der Waals surface area contributed by atoms with Crippen LogP contribution in [0.2, 0.25) is 0 Å². The molecule has 0 atom stereocenters. The van der Waals surface area contributed by atoms with Crippen molar-refractivity contribution < 1.29 is 18.8 Å². The second kappa shape index (κ2) is 9.61. The second-order valence-electron chi connectivity index (χ2n) is 5.85. The Morgan fingerprint density at radius 1 is 1.00 bits per heavy atom. The molecule has 0 bridgehead atoms. The number of benzene rings is 1. The Morgan fingerprint density at radius 2 is 1.68 bits per heavy atom. The van der Waals surface area contributed by atoms with E-state index in [-0.39, 0.29) is 43.7 Å². The number of nitrogens with zero attached hydrogens (tertiary/aromatic N) is 1. The van der Waals surface area contributed by atoms with Crippen molar-refractivity contribution >= 4 is 17.8 Å². The summed E-state index contributed by atoms with van der Waals surface area (Å²) in [5.41, 5.74) is 0.751. The van der Waals surface area contributed by atoms with E-state index in [0.717, 1.165) is 31.5 Å². The zero-order chi connectivity index (χ0) is 18.1. The molecule has 1 aromatic carbocycles. The topological polar surface area (TPSA) is 90.5 Å². The molecular weight excluding hydrogens is 327 g/mol. The van der Waals surface area contributed by atoms with Gasteiger partial charge in [-0.3, -0.25) is 9.59 Å². The minimum Gasteiger partial charge on any atom is -0.354 e. The molecule has 1 fully saturated rings. The first-order valence-electron chi connectivity index (χ1n) is 8.35. The summed E-state index contributed by atoms with van der Waals surface area (Å²) in [6.07, 6.45) is 2.34. The zero-order valence-electron chi connectivity index (χ0n) is 14.0. The van der Waals surface area contributed by atoms with Crippen LogP contribution in [0.25, 0.3) is 0 Å². The van der Waals surface area contributed by atoms with Crippen molar-refractivity contribution in [2.45, 2.75) is 25.8 Å². The molecule has 0 aliphatic carbocycles. The van der Waals surface area contributed by atoms with Crippen molar-refractivity contribution in [1.29, 1.82) is 0 Å². The molecule has 7 nitrogen and oxygen atoms in total. The minimum atomic E-state index is -0.493. The van der Waals surface area contributed by atoms with Crippen molar-refractivity contribution in [1.82, 2.24) is 20.9 Å². The molecule has 0 radical (unpaired) electrons. The van der Waals surface area contributed by atoms with Gasteiger partial charge >= 0.3 is 6.03 Å². The van der Waals surface area contributed by atoms with Crippen LogP contribution >= 0.6 is 0 Å². The predicted octanol–water partition coefficient (Wildman–Crippen LogP) is 0.754. The molecular formula is C17H23FN4O3. The van der Waals surface area contributed by atoms with E-state index in [2.05, 4.69) is 16.0 Å². The number of rotatable bonds is 7. The van der Waals surface area contributed by atoms with Gasteiger partial charge in [-0.25, -0.2) is 9.18 Å². The Bertz CT molecular complexity index is 600. The molecule has 1 saturated heterocycles. The normalized spacial score (nSPS) is 13.4. The van der Waals surface area contributed by atoms with Gasteiger partial charge in [-0.1, -0.05) is 12.1 Å². The van der Waals surface area contributed by atoms with E-state index in [0.29, 0.717) is 0 Å². The van der Waals surface area contributed by atoms with Gasteiger partial charge in [-0.15, -0.1) is 0 Å². The molecule has 1 aliphatic rings. The van der Waals surface area contributed by atoms with Crippen molar-refractivity contribution in [3.63, 3.8) is 0 Å². The molecule has 8 heteroatoms. The highest BCUT2D eigenvalue weighted by Gasteiger charge is 2.17. The lowest BCUT2D eigenvalue weighted by Crippen LogP contribution is -2.42. The highest BCUT2D eigenvalue weighted by atomic mass is 19.1. The minimum absolute atomic E-state index is 0.0443. The summed E-state index contributed by atoms with van der Waals surface area (Å²) in [6, 6.07) is 5.27. The van der Waals surface area contributed by atoms with Gasteiger partial charge in [-0.2, -0.15) is 0 Å². The molecule has 0 saturated carbocycles. The number of hydrogen-bond acceptors (Lipinski definition) is 3. The summed E-state index contributed by atoms with van der Waals surface area (Å²) >= 11 is 0. The van der Waals surface area contributed by atoms with Crippen LogP contribution in [0.1, 0.15) is 24.8 Å². The average molecular weight is 350 g/mol. The molecule has 3 N–H and O–H groups in total. The Hall–Kier alpha value is -2.64. The second-order valence-corrected chi connectivity index (χ2v) is 5.85.